The van der Waals surface area contributed by atoms with Crippen molar-refractivity contribution in [3.8, 4) is 0 Å². The van der Waals surface area contributed by atoms with Crippen LogP contribution in [0, 0.1) is 52.3 Å². The first-order valence-electron chi connectivity index (χ1n) is 24.7. The fraction of sp³-hybridized carbons (Fsp3) is 0.902. The summed E-state index contributed by atoms with van der Waals surface area (Å²) in [6, 6.07) is 0. The molecule has 3 saturated carbocycles. The van der Waals surface area contributed by atoms with Crippen molar-refractivity contribution in [1.82, 2.24) is 0 Å². The maximum absolute atomic E-state index is 12.6. The number of esters is 1. The molecule has 1 aliphatic heterocycles. The number of ether oxygens (including phenoxy) is 3. The van der Waals surface area contributed by atoms with Gasteiger partial charge in [-0.15, -0.1) is 0 Å². The van der Waals surface area contributed by atoms with Crippen molar-refractivity contribution >= 4 is 5.97 Å². The highest BCUT2D eigenvalue weighted by atomic mass is 16.7. The molecule has 0 spiro atoms. The topological polar surface area (TPSA) is 105 Å². The van der Waals surface area contributed by atoms with E-state index in [0.717, 1.165) is 50.9 Å². The van der Waals surface area contributed by atoms with Gasteiger partial charge in [0.25, 0.3) is 0 Å². The van der Waals surface area contributed by atoms with Crippen molar-refractivity contribution < 1.29 is 34.3 Å². The maximum atomic E-state index is 12.6. The van der Waals surface area contributed by atoms with Crippen LogP contribution >= 0.6 is 0 Å². The lowest BCUT2D eigenvalue weighted by atomic mass is 9.47. The van der Waals surface area contributed by atoms with Gasteiger partial charge in [-0.2, -0.15) is 0 Å². The number of hydrogen-bond acceptors (Lipinski definition) is 7. The van der Waals surface area contributed by atoms with Gasteiger partial charge in [0.2, 0.25) is 0 Å². The summed E-state index contributed by atoms with van der Waals surface area (Å²) in [5, 5.41) is 32.5. The fourth-order valence-corrected chi connectivity index (χ4v) is 12.7. The van der Waals surface area contributed by atoms with Gasteiger partial charge in [-0.05, 0) is 116 Å². The monoisotopic (exact) mass is 813 g/mol. The Bertz CT molecular complexity index is 1300. The standard InChI is InChI=1S/C51H88O7/c1-8-10-11-12-13-14-15-16-17-18-19-20-21-22-45(52)56-34-44-46(53)47(54)48(55)49(58-44)57-39-29-31-50(6)38(33-39)25-26-40-42-28-27-41(51(42,7)32-30-43(40)50)36(5)23-24-37(9-2)35(3)4/h23-24,26,35-39,41-44,46-49,53-55H,8-22,25,27-34H2,1-7H3/b24-23-/t36-,37+,38+,39-,41-,42+,43-,44-,46-,47+,48-,49-,50-,51+/m1/s1. The van der Waals surface area contributed by atoms with Crippen molar-refractivity contribution in [2.45, 2.75) is 233 Å². The molecule has 7 nitrogen and oxygen atoms in total. The van der Waals surface area contributed by atoms with Crippen molar-refractivity contribution in [2.24, 2.45) is 52.3 Å². The molecule has 58 heavy (non-hydrogen) atoms. The van der Waals surface area contributed by atoms with Crippen LogP contribution in [0.4, 0.5) is 0 Å². The minimum Gasteiger partial charge on any atom is -0.463 e. The van der Waals surface area contributed by atoms with Crippen LogP contribution in [0.15, 0.2) is 23.8 Å². The molecule has 0 bridgehead atoms. The molecular formula is C51H88O7. The molecule has 0 radical (unpaired) electrons. The first-order valence-corrected chi connectivity index (χ1v) is 24.7. The average molecular weight is 813 g/mol. The molecule has 0 unspecified atom stereocenters. The highest BCUT2D eigenvalue weighted by Crippen LogP contribution is 2.67. The Hall–Kier alpha value is -1.25. The van der Waals surface area contributed by atoms with E-state index in [9.17, 15) is 20.1 Å². The van der Waals surface area contributed by atoms with Crippen molar-refractivity contribution in [3.63, 3.8) is 0 Å². The van der Waals surface area contributed by atoms with E-state index >= 15 is 0 Å². The summed E-state index contributed by atoms with van der Waals surface area (Å²) in [5.74, 6) is 4.18. The predicted octanol–water partition coefficient (Wildman–Crippen LogP) is 11.7. The fourth-order valence-electron chi connectivity index (χ4n) is 12.7. The van der Waals surface area contributed by atoms with Crippen LogP contribution < -0.4 is 0 Å². The summed E-state index contributed by atoms with van der Waals surface area (Å²) in [6.07, 6.45) is 28.3. The number of aliphatic hydroxyl groups is 3. The van der Waals surface area contributed by atoms with Crippen molar-refractivity contribution in [2.75, 3.05) is 6.61 Å². The third-order valence-corrected chi connectivity index (χ3v) is 16.6. The van der Waals surface area contributed by atoms with Gasteiger partial charge < -0.3 is 29.5 Å². The molecule has 334 valence electrons. The number of unbranched alkanes of at least 4 members (excludes halogenated alkanes) is 12. The van der Waals surface area contributed by atoms with Gasteiger partial charge in [-0.1, -0.05) is 149 Å². The molecule has 5 aliphatic rings. The molecule has 5 rings (SSSR count). The Balaban J connectivity index is 1.05. The number of rotatable bonds is 23. The van der Waals surface area contributed by atoms with Crippen molar-refractivity contribution in [3.05, 3.63) is 23.8 Å². The van der Waals surface area contributed by atoms with E-state index in [-0.39, 0.29) is 24.1 Å². The molecule has 0 aromatic rings. The molecule has 0 amide bonds. The zero-order valence-electron chi connectivity index (χ0n) is 38.2. The number of allylic oxidation sites excluding steroid dienone is 4. The average Bonchev–Trinajstić information content (AvgIpc) is 3.56. The SMILES string of the molecule is CCCCCCCCCCCCCCCC(=O)OC[C@H]1O[C@@H](O[C@@H]2CC[C@]3(C)[C@@H](CC=C4[C@H]3CC[C@@]3(C)[C@@H]([C@H](C)/C=C\[C@H](CC)C(C)C)CC[C@@H]43)C2)[C@H](O)[C@@H](O)[C@@H]1O. The van der Waals surface area contributed by atoms with Crippen LogP contribution in [0.25, 0.3) is 0 Å². The molecule has 14 atom stereocenters. The largest absolute Gasteiger partial charge is 0.463 e. The van der Waals surface area contributed by atoms with E-state index < -0.39 is 30.7 Å². The van der Waals surface area contributed by atoms with Crippen LogP contribution in [0.5, 0.6) is 0 Å². The smallest absolute Gasteiger partial charge is 0.305 e. The summed E-state index contributed by atoms with van der Waals surface area (Å²) in [7, 11) is 0. The third kappa shape index (κ3) is 11.8. The molecule has 1 saturated heterocycles. The summed E-state index contributed by atoms with van der Waals surface area (Å²) in [4.78, 5) is 12.6. The highest BCUT2D eigenvalue weighted by molar-refractivity contribution is 5.69. The van der Waals surface area contributed by atoms with Gasteiger partial charge in [0.1, 0.15) is 31.0 Å². The number of carbonyl (C=O) groups excluding carboxylic acids is 1. The molecule has 4 fully saturated rings. The Morgan fingerprint density at radius 3 is 2.05 bits per heavy atom. The van der Waals surface area contributed by atoms with E-state index in [2.05, 4.69) is 66.7 Å². The second kappa shape index (κ2) is 22.7. The number of aliphatic hydroxyl groups excluding tert-OH is 3. The number of hydrogen-bond donors (Lipinski definition) is 3. The first-order chi connectivity index (χ1) is 27.8. The first kappa shape index (κ1) is 47.8. The van der Waals surface area contributed by atoms with Crippen LogP contribution in [0.3, 0.4) is 0 Å². The Kier molecular flexibility index (Phi) is 18.7. The molecule has 3 N–H and O–H groups in total. The van der Waals surface area contributed by atoms with Crippen LogP contribution in [0.2, 0.25) is 0 Å². The normalized spacial score (nSPS) is 37.3. The molecule has 7 heteroatoms. The van der Waals surface area contributed by atoms with Gasteiger partial charge in [0.05, 0.1) is 6.10 Å². The predicted molar refractivity (Wildman–Crippen MR) is 235 cm³/mol. The van der Waals surface area contributed by atoms with Gasteiger partial charge >= 0.3 is 5.97 Å². The maximum Gasteiger partial charge on any atom is 0.305 e. The zero-order chi connectivity index (χ0) is 41.9. The second-order valence-electron chi connectivity index (χ2n) is 20.8. The summed E-state index contributed by atoms with van der Waals surface area (Å²) in [6.45, 7) is 16.7. The Morgan fingerprint density at radius 2 is 1.41 bits per heavy atom. The summed E-state index contributed by atoms with van der Waals surface area (Å²) >= 11 is 0. The molecule has 1 heterocycles. The molecule has 0 aromatic carbocycles. The van der Waals surface area contributed by atoms with Crippen molar-refractivity contribution in [1.29, 1.82) is 0 Å². The quantitative estimate of drug-likeness (QED) is 0.0536. The van der Waals surface area contributed by atoms with Crippen LogP contribution in [-0.4, -0.2) is 64.7 Å². The highest BCUT2D eigenvalue weighted by Gasteiger charge is 2.58. The summed E-state index contributed by atoms with van der Waals surface area (Å²) in [5.41, 5.74) is 2.35. The lowest BCUT2D eigenvalue weighted by Crippen LogP contribution is -2.60. The zero-order valence-corrected chi connectivity index (χ0v) is 38.2. The number of carbonyl (C=O) groups is 1. The van der Waals surface area contributed by atoms with Gasteiger partial charge in [-0.25, -0.2) is 0 Å². The summed E-state index contributed by atoms with van der Waals surface area (Å²) < 4.78 is 18.0. The Morgan fingerprint density at radius 1 is 0.793 bits per heavy atom. The molecule has 4 aliphatic carbocycles. The van der Waals surface area contributed by atoms with E-state index in [1.165, 1.54) is 96.3 Å². The minimum absolute atomic E-state index is 0.107. The second-order valence-corrected chi connectivity index (χ2v) is 20.8. The van der Waals surface area contributed by atoms with E-state index in [0.29, 0.717) is 47.3 Å². The lowest BCUT2D eigenvalue weighted by molar-refractivity contribution is -0.316. The molecule has 0 aromatic heterocycles. The third-order valence-electron chi connectivity index (χ3n) is 16.6. The van der Waals surface area contributed by atoms with Crippen LogP contribution in [-0.2, 0) is 19.0 Å². The minimum atomic E-state index is -1.44. The van der Waals surface area contributed by atoms with E-state index in [4.69, 9.17) is 14.2 Å². The Labute approximate surface area is 354 Å². The van der Waals surface area contributed by atoms with E-state index in [1.807, 2.05) is 0 Å². The van der Waals surface area contributed by atoms with Gasteiger partial charge in [-0.3, -0.25) is 4.79 Å². The van der Waals surface area contributed by atoms with Gasteiger partial charge in [0, 0.05) is 6.42 Å². The van der Waals surface area contributed by atoms with Crippen LogP contribution in [0.1, 0.15) is 196 Å². The molecular weight excluding hydrogens is 725 g/mol. The van der Waals surface area contributed by atoms with Gasteiger partial charge in [0.15, 0.2) is 6.29 Å². The number of fused-ring (bicyclic) bond motifs is 5. The van der Waals surface area contributed by atoms with E-state index in [1.54, 1.807) is 5.57 Å². The lowest BCUT2D eigenvalue weighted by Gasteiger charge is -2.58.